The molecule has 0 atom stereocenters. The molecule has 0 saturated heterocycles. The molecule has 1 aromatic heterocycles. The third-order valence-corrected chi connectivity index (χ3v) is 5.03. The summed E-state index contributed by atoms with van der Waals surface area (Å²) in [7, 11) is 0. The summed E-state index contributed by atoms with van der Waals surface area (Å²) in [6.45, 7) is 0. The molecule has 22 heavy (non-hydrogen) atoms. The van der Waals surface area contributed by atoms with Gasteiger partial charge in [-0.05, 0) is 45.1 Å². The summed E-state index contributed by atoms with van der Waals surface area (Å²) in [5.41, 5.74) is 1.12. The Labute approximate surface area is 135 Å². The number of halogens is 1. The molecule has 0 aliphatic carbocycles. The normalized spacial score (nSPS) is 11.9. The monoisotopic (exact) mass is 346 g/mol. The van der Waals surface area contributed by atoms with Gasteiger partial charge in [-0.2, -0.15) is 5.10 Å². The zero-order valence-electron chi connectivity index (χ0n) is 11.6. The van der Waals surface area contributed by atoms with Gasteiger partial charge in [-0.15, -0.1) is 0 Å². The van der Waals surface area contributed by atoms with E-state index < -0.39 is 0 Å². The van der Waals surface area contributed by atoms with Gasteiger partial charge in [-0.3, -0.25) is 0 Å². The van der Waals surface area contributed by atoms with Gasteiger partial charge in [-0.25, -0.2) is 4.68 Å². The van der Waals surface area contributed by atoms with Gasteiger partial charge in [-0.1, -0.05) is 52.3 Å². The van der Waals surface area contributed by atoms with Crippen LogP contribution in [0.2, 0.25) is 0 Å². The lowest BCUT2D eigenvalue weighted by Crippen LogP contribution is -1.96. The third-order valence-electron chi connectivity index (χ3n) is 4.34. The van der Waals surface area contributed by atoms with Crippen LogP contribution in [0, 0.1) is 0 Å². The lowest BCUT2D eigenvalue weighted by atomic mass is 9.93. The standard InChI is InChI=1S/C19H11BrN2/c20-16-8-4-12-3-7-15-17(22-11-1-10-21-22)9-5-13-2-6-14(16)18(12)19(13)15/h1-11H. The van der Waals surface area contributed by atoms with Crippen LogP contribution < -0.4 is 0 Å². The Kier molecular flexibility index (Phi) is 2.38. The quantitative estimate of drug-likeness (QED) is 0.365. The summed E-state index contributed by atoms with van der Waals surface area (Å²) < 4.78 is 3.07. The van der Waals surface area contributed by atoms with Gasteiger partial charge in [0.05, 0.1) is 5.69 Å². The smallest absolute Gasteiger partial charge is 0.0724 e. The van der Waals surface area contributed by atoms with Crippen LogP contribution in [0.5, 0.6) is 0 Å². The molecular weight excluding hydrogens is 336 g/mol. The van der Waals surface area contributed by atoms with Crippen molar-refractivity contribution in [1.29, 1.82) is 0 Å². The Morgan fingerprint density at radius 2 is 1.45 bits per heavy atom. The van der Waals surface area contributed by atoms with E-state index in [0.717, 1.165) is 10.2 Å². The second-order valence-corrected chi connectivity index (χ2v) is 6.36. The van der Waals surface area contributed by atoms with Crippen molar-refractivity contribution >= 4 is 48.2 Å². The second kappa shape index (κ2) is 4.31. The molecule has 0 radical (unpaired) electrons. The van der Waals surface area contributed by atoms with E-state index in [9.17, 15) is 0 Å². The molecule has 4 aromatic carbocycles. The predicted molar refractivity (Wildman–Crippen MR) is 95.0 cm³/mol. The molecule has 0 bridgehead atoms. The van der Waals surface area contributed by atoms with E-state index in [2.05, 4.69) is 69.6 Å². The molecule has 0 aliphatic rings. The molecule has 104 valence electrons. The number of aromatic nitrogens is 2. The fourth-order valence-electron chi connectivity index (χ4n) is 3.36. The fraction of sp³-hybridized carbons (Fsp3) is 0. The zero-order valence-corrected chi connectivity index (χ0v) is 13.2. The summed E-state index contributed by atoms with van der Waals surface area (Å²) in [4.78, 5) is 0. The molecule has 5 rings (SSSR count). The average molecular weight is 347 g/mol. The van der Waals surface area contributed by atoms with Gasteiger partial charge < -0.3 is 0 Å². The number of nitrogens with zero attached hydrogens (tertiary/aromatic N) is 2. The van der Waals surface area contributed by atoms with Crippen LogP contribution in [0.25, 0.3) is 38.0 Å². The van der Waals surface area contributed by atoms with Gasteiger partial charge in [0.1, 0.15) is 0 Å². The van der Waals surface area contributed by atoms with Crippen molar-refractivity contribution in [2.75, 3.05) is 0 Å². The first-order valence-electron chi connectivity index (χ1n) is 7.19. The third kappa shape index (κ3) is 1.52. The molecule has 0 N–H and O–H groups in total. The maximum absolute atomic E-state index is 4.39. The largest absolute Gasteiger partial charge is 0.240 e. The predicted octanol–water partition coefficient (Wildman–Crippen LogP) is 5.53. The zero-order chi connectivity index (χ0) is 14.7. The maximum Gasteiger partial charge on any atom is 0.0724 e. The summed E-state index contributed by atoms with van der Waals surface area (Å²) in [5, 5.41) is 12.1. The molecule has 1 heterocycles. The molecule has 0 unspecified atom stereocenters. The van der Waals surface area contributed by atoms with Crippen molar-refractivity contribution in [3.8, 4) is 5.69 Å². The molecule has 0 spiro atoms. The minimum absolute atomic E-state index is 1.12. The van der Waals surface area contributed by atoms with Crippen molar-refractivity contribution in [1.82, 2.24) is 9.78 Å². The van der Waals surface area contributed by atoms with E-state index in [4.69, 9.17) is 0 Å². The van der Waals surface area contributed by atoms with Gasteiger partial charge in [0.2, 0.25) is 0 Å². The average Bonchev–Trinajstić information content (AvgIpc) is 3.08. The van der Waals surface area contributed by atoms with Crippen LogP contribution in [-0.4, -0.2) is 9.78 Å². The molecule has 5 aromatic rings. The van der Waals surface area contributed by atoms with Crippen LogP contribution in [0.4, 0.5) is 0 Å². The number of rotatable bonds is 1. The lowest BCUT2D eigenvalue weighted by Gasteiger charge is -2.14. The lowest BCUT2D eigenvalue weighted by molar-refractivity contribution is 0.888. The van der Waals surface area contributed by atoms with Crippen molar-refractivity contribution in [2.24, 2.45) is 0 Å². The molecule has 3 heteroatoms. The first kappa shape index (κ1) is 12.2. The SMILES string of the molecule is Brc1ccc2ccc3c(-n4cccn4)ccc4ccc1c2c43. The number of hydrogen-bond acceptors (Lipinski definition) is 1. The van der Waals surface area contributed by atoms with Crippen LogP contribution in [0.15, 0.2) is 71.5 Å². The highest BCUT2D eigenvalue weighted by atomic mass is 79.9. The van der Waals surface area contributed by atoms with Crippen molar-refractivity contribution in [3.63, 3.8) is 0 Å². The van der Waals surface area contributed by atoms with E-state index in [1.807, 2.05) is 23.1 Å². The molecule has 0 saturated carbocycles. The molecular formula is C19H11BrN2. The first-order valence-corrected chi connectivity index (χ1v) is 7.98. The van der Waals surface area contributed by atoms with E-state index >= 15 is 0 Å². The van der Waals surface area contributed by atoms with Gasteiger partial charge >= 0.3 is 0 Å². The van der Waals surface area contributed by atoms with Crippen molar-refractivity contribution in [3.05, 3.63) is 71.5 Å². The summed E-state index contributed by atoms with van der Waals surface area (Å²) in [5.74, 6) is 0. The summed E-state index contributed by atoms with van der Waals surface area (Å²) in [6, 6.07) is 19.4. The first-order chi connectivity index (χ1) is 10.8. The Bertz CT molecular complexity index is 1130. The van der Waals surface area contributed by atoms with Crippen LogP contribution in [-0.2, 0) is 0 Å². The Balaban J connectivity index is 2.07. The van der Waals surface area contributed by atoms with Crippen LogP contribution in [0.1, 0.15) is 0 Å². The topological polar surface area (TPSA) is 17.8 Å². The minimum atomic E-state index is 1.12. The fourth-order valence-corrected chi connectivity index (χ4v) is 3.82. The van der Waals surface area contributed by atoms with Gasteiger partial charge in [0, 0.05) is 22.3 Å². The minimum Gasteiger partial charge on any atom is -0.240 e. The van der Waals surface area contributed by atoms with Crippen molar-refractivity contribution in [2.45, 2.75) is 0 Å². The molecule has 0 amide bonds. The molecule has 0 aliphatic heterocycles. The van der Waals surface area contributed by atoms with Crippen LogP contribution >= 0.6 is 15.9 Å². The highest BCUT2D eigenvalue weighted by Gasteiger charge is 2.13. The summed E-state index contributed by atoms with van der Waals surface area (Å²) in [6.07, 6.45) is 3.80. The van der Waals surface area contributed by atoms with E-state index in [1.54, 1.807) is 0 Å². The Morgan fingerprint density at radius 3 is 2.23 bits per heavy atom. The number of benzene rings is 4. The van der Waals surface area contributed by atoms with E-state index in [-0.39, 0.29) is 0 Å². The van der Waals surface area contributed by atoms with Crippen molar-refractivity contribution < 1.29 is 0 Å². The number of hydrogen-bond donors (Lipinski definition) is 0. The van der Waals surface area contributed by atoms with E-state index in [0.29, 0.717) is 0 Å². The van der Waals surface area contributed by atoms with Crippen LogP contribution in [0.3, 0.4) is 0 Å². The Hall–Kier alpha value is -2.39. The summed E-state index contributed by atoms with van der Waals surface area (Å²) >= 11 is 3.68. The molecule has 2 nitrogen and oxygen atoms in total. The highest BCUT2D eigenvalue weighted by molar-refractivity contribution is 9.10. The second-order valence-electron chi connectivity index (χ2n) is 5.51. The maximum atomic E-state index is 4.39. The Morgan fingerprint density at radius 1 is 0.773 bits per heavy atom. The van der Waals surface area contributed by atoms with E-state index in [1.165, 1.54) is 32.3 Å². The van der Waals surface area contributed by atoms with Gasteiger partial charge in [0.15, 0.2) is 0 Å². The highest BCUT2D eigenvalue weighted by Crippen LogP contribution is 2.39. The molecule has 0 fully saturated rings. The van der Waals surface area contributed by atoms with Gasteiger partial charge in [0.25, 0.3) is 0 Å².